The molecule has 5 heteroatoms. The van der Waals surface area contributed by atoms with Crippen molar-refractivity contribution in [3.8, 4) is 0 Å². The molecule has 0 saturated heterocycles. The highest BCUT2D eigenvalue weighted by molar-refractivity contribution is 7.99. The van der Waals surface area contributed by atoms with Crippen molar-refractivity contribution in [1.82, 2.24) is 9.55 Å². The molecule has 3 rings (SSSR count). The first-order valence-electron chi connectivity index (χ1n) is 8.16. The first-order chi connectivity index (χ1) is 11.3. The lowest BCUT2D eigenvalue weighted by Crippen LogP contribution is -2.18. The monoisotopic (exact) mass is 330 g/mol. The summed E-state index contributed by atoms with van der Waals surface area (Å²) >= 11 is 1.63. The summed E-state index contributed by atoms with van der Waals surface area (Å²) in [6.07, 6.45) is 7.65. The molecule has 1 unspecified atom stereocenters. The molecule has 23 heavy (non-hydrogen) atoms. The number of carbonyl (C=O) groups excluding carboxylic acids is 1. The predicted molar refractivity (Wildman–Crippen MR) is 91.7 cm³/mol. The maximum absolute atomic E-state index is 11.4. The molecule has 1 atom stereocenters. The Hall–Kier alpha value is -1.75. The van der Waals surface area contributed by atoms with Crippen molar-refractivity contribution in [2.75, 3.05) is 12.4 Å². The van der Waals surface area contributed by atoms with E-state index in [1.54, 1.807) is 11.8 Å². The second kappa shape index (κ2) is 7.68. The topological polar surface area (TPSA) is 44.1 Å². The Morgan fingerprint density at radius 2 is 2.22 bits per heavy atom. The van der Waals surface area contributed by atoms with Crippen molar-refractivity contribution >= 4 is 17.7 Å². The van der Waals surface area contributed by atoms with Gasteiger partial charge in [0.05, 0.1) is 13.0 Å². The lowest BCUT2D eigenvalue weighted by molar-refractivity contribution is -0.142. The molecule has 0 aliphatic heterocycles. The van der Waals surface area contributed by atoms with Crippen LogP contribution in [0.15, 0.2) is 41.8 Å². The van der Waals surface area contributed by atoms with Crippen LogP contribution in [0, 0.1) is 0 Å². The predicted octanol–water partition coefficient (Wildman–Crippen LogP) is 3.66. The average Bonchev–Trinajstić information content (AvgIpc) is 3.03. The summed E-state index contributed by atoms with van der Waals surface area (Å²) in [5, 5.41) is 0.999. The lowest BCUT2D eigenvalue weighted by Gasteiger charge is -2.26. The molecule has 0 fully saturated rings. The minimum atomic E-state index is -0.135. The van der Waals surface area contributed by atoms with Gasteiger partial charge in [0.25, 0.3) is 0 Å². The zero-order valence-electron chi connectivity index (χ0n) is 13.4. The van der Waals surface area contributed by atoms with Crippen LogP contribution in [-0.2, 0) is 22.4 Å². The van der Waals surface area contributed by atoms with Crippen LogP contribution in [0.3, 0.4) is 0 Å². The Morgan fingerprint density at radius 3 is 3.04 bits per heavy atom. The number of fused-ring (bicyclic) bond motifs is 1. The molecule has 1 aliphatic rings. The second-order valence-corrected chi connectivity index (χ2v) is 6.75. The molecule has 122 valence electrons. The van der Waals surface area contributed by atoms with Gasteiger partial charge in [0.15, 0.2) is 5.16 Å². The highest BCUT2D eigenvalue weighted by Gasteiger charge is 2.21. The number of imidazole rings is 1. The SMILES string of the molecule is CCOC(=O)CCSc1nccn1C1CCc2ccccc2C1. The summed E-state index contributed by atoms with van der Waals surface area (Å²) < 4.78 is 7.24. The molecule has 1 aliphatic carbocycles. The lowest BCUT2D eigenvalue weighted by atomic mass is 9.88. The van der Waals surface area contributed by atoms with E-state index in [9.17, 15) is 4.79 Å². The van der Waals surface area contributed by atoms with Gasteiger partial charge in [-0.2, -0.15) is 0 Å². The number of benzene rings is 1. The smallest absolute Gasteiger partial charge is 0.306 e. The minimum Gasteiger partial charge on any atom is -0.466 e. The van der Waals surface area contributed by atoms with E-state index in [-0.39, 0.29) is 5.97 Å². The number of aromatic nitrogens is 2. The van der Waals surface area contributed by atoms with Crippen LogP contribution < -0.4 is 0 Å². The van der Waals surface area contributed by atoms with Gasteiger partial charge in [0.2, 0.25) is 0 Å². The standard InChI is InChI=1S/C18H22N2O2S/c1-2-22-17(21)9-12-23-18-19-10-11-20(18)16-8-7-14-5-3-4-6-15(14)13-16/h3-6,10-11,16H,2,7-9,12-13H2,1H3. The number of esters is 1. The number of hydrogen-bond donors (Lipinski definition) is 0. The number of aryl methyl sites for hydroxylation is 1. The number of carbonyl (C=O) groups is 1. The highest BCUT2D eigenvalue weighted by atomic mass is 32.2. The Labute approximate surface area is 141 Å². The number of hydrogen-bond acceptors (Lipinski definition) is 4. The Kier molecular flexibility index (Phi) is 5.39. The van der Waals surface area contributed by atoms with E-state index in [1.807, 2.05) is 13.1 Å². The van der Waals surface area contributed by atoms with E-state index in [0.29, 0.717) is 24.8 Å². The van der Waals surface area contributed by atoms with Gasteiger partial charge < -0.3 is 9.30 Å². The van der Waals surface area contributed by atoms with Crippen molar-refractivity contribution in [2.45, 2.75) is 43.8 Å². The van der Waals surface area contributed by atoms with Crippen molar-refractivity contribution in [1.29, 1.82) is 0 Å². The molecule has 0 bridgehead atoms. The van der Waals surface area contributed by atoms with Crippen LogP contribution in [0.2, 0.25) is 0 Å². The van der Waals surface area contributed by atoms with Gasteiger partial charge in [-0.15, -0.1) is 0 Å². The van der Waals surface area contributed by atoms with Crippen molar-refractivity contribution < 1.29 is 9.53 Å². The van der Waals surface area contributed by atoms with Crippen LogP contribution in [0.5, 0.6) is 0 Å². The van der Waals surface area contributed by atoms with E-state index in [0.717, 1.165) is 24.4 Å². The zero-order valence-corrected chi connectivity index (χ0v) is 14.2. The maximum Gasteiger partial charge on any atom is 0.306 e. The van der Waals surface area contributed by atoms with Gasteiger partial charge in [0, 0.05) is 24.2 Å². The van der Waals surface area contributed by atoms with Gasteiger partial charge >= 0.3 is 5.97 Å². The normalized spacial score (nSPS) is 16.8. The number of nitrogens with zero attached hydrogens (tertiary/aromatic N) is 2. The summed E-state index contributed by atoms with van der Waals surface area (Å²) in [5.74, 6) is 0.573. The maximum atomic E-state index is 11.4. The minimum absolute atomic E-state index is 0.135. The number of rotatable bonds is 6. The number of ether oxygens (including phenoxy) is 1. The molecule has 1 heterocycles. The Bertz CT molecular complexity index is 669. The number of thioether (sulfide) groups is 1. The molecule has 0 saturated carbocycles. The van der Waals surface area contributed by atoms with Gasteiger partial charge in [-0.1, -0.05) is 36.0 Å². The van der Waals surface area contributed by atoms with E-state index in [4.69, 9.17) is 4.74 Å². The van der Waals surface area contributed by atoms with Crippen LogP contribution in [0.25, 0.3) is 0 Å². The largest absolute Gasteiger partial charge is 0.466 e. The Morgan fingerprint density at radius 1 is 1.39 bits per heavy atom. The molecular formula is C18H22N2O2S. The van der Waals surface area contributed by atoms with Crippen LogP contribution >= 0.6 is 11.8 Å². The summed E-state index contributed by atoms with van der Waals surface area (Å²) in [6.45, 7) is 2.28. The first kappa shape index (κ1) is 16.1. The van der Waals surface area contributed by atoms with E-state index in [2.05, 4.69) is 40.0 Å². The average molecular weight is 330 g/mol. The molecular weight excluding hydrogens is 308 g/mol. The molecule has 0 radical (unpaired) electrons. The van der Waals surface area contributed by atoms with Crippen LogP contribution in [0.4, 0.5) is 0 Å². The third kappa shape index (κ3) is 3.96. The molecule has 1 aromatic heterocycles. The molecule has 0 amide bonds. The fraction of sp³-hybridized carbons (Fsp3) is 0.444. The third-order valence-corrected chi connectivity index (χ3v) is 5.17. The van der Waals surface area contributed by atoms with Crippen molar-refractivity contribution in [3.05, 3.63) is 47.8 Å². The summed E-state index contributed by atoms with van der Waals surface area (Å²) in [5.41, 5.74) is 2.92. The van der Waals surface area contributed by atoms with Gasteiger partial charge in [0.1, 0.15) is 0 Å². The van der Waals surface area contributed by atoms with Gasteiger partial charge in [-0.05, 0) is 37.3 Å². The Balaban J connectivity index is 1.62. The van der Waals surface area contributed by atoms with Gasteiger partial charge in [-0.3, -0.25) is 4.79 Å². The van der Waals surface area contributed by atoms with E-state index < -0.39 is 0 Å². The molecule has 0 spiro atoms. The molecule has 4 nitrogen and oxygen atoms in total. The molecule has 1 aromatic carbocycles. The molecule has 0 N–H and O–H groups in total. The molecule has 2 aromatic rings. The summed E-state index contributed by atoms with van der Waals surface area (Å²) in [4.78, 5) is 15.9. The van der Waals surface area contributed by atoms with Crippen molar-refractivity contribution in [3.63, 3.8) is 0 Å². The zero-order chi connectivity index (χ0) is 16.1. The van der Waals surface area contributed by atoms with Crippen molar-refractivity contribution in [2.24, 2.45) is 0 Å². The van der Waals surface area contributed by atoms with E-state index >= 15 is 0 Å². The second-order valence-electron chi connectivity index (χ2n) is 5.69. The van der Waals surface area contributed by atoms with E-state index in [1.165, 1.54) is 11.1 Å². The van der Waals surface area contributed by atoms with Gasteiger partial charge in [-0.25, -0.2) is 4.98 Å². The quantitative estimate of drug-likeness (QED) is 0.599. The highest BCUT2D eigenvalue weighted by Crippen LogP contribution is 2.31. The summed E-state index contributed by atoms with van der Waals surface area (Å²) in [6, 6.07) is 9.15. The summed E-state index contributed by atoms with van der Waals surface area (Å²) in [7, 11) is 0. The van der Waals surface area contributed by atoms with Crippen LogP contribution in [-0.4, -0.2) is 27.9 Å². The first-order valence-corrected chi connectivity index (χ1v) is 9.14. The third-order valence-electron chi connectivity index (χ3n) is 4.19. The van der Waals surface area contributed by atoms with Crippen LogP contribution in [0.1, 0.15) is 36.9 Å². The fourth-order valence-corrected chi connectivity index (χ4v) is 4.01. The fourth-order valence-electron chi connectivity index (χ4n) is 3.06.